The number of rotatable bonds is 5. The van der Waals surface area contributed by atoms with Crippen LogP contribution in [0.15, 0.2) is 18.2 Å². The molecule has 0 unspecified atom stereocenters. The summed E-state index contributed by atoms with van der Waals surface area (Å²) in [6, 6.07) is 4.57. The highest BCUT2D eigenvalue weighted by atomic mass is 35.5. The van der Waals surface area contributed by atoms with Crippen LogP contribution < -0.4 is 0 Å². The van der Waals surface area contributed by atoms with Gasteiger partial charge in [-0.1, -0.05) is 23.2 Å². The normalized spacial score (nSPS) is 10.9. The Kier molecular flexibility index (Phi) is 6.49. The minimum Gasteiger partial charge on any atom is -0.452 e. The molecule has 21 heavy (non-hydrogen) atoms. The Morgan fingerprint density at radius 2 is 1.71 bits per heavy atom. The van der Waals surface area contributed by atoms with Gasteiger partial charge in [0.05, 0.1) is 10.6 Å². The number of ether oxygens (including phenoxy) is 1. The molecule has 0 aliphatic heterocycles. The summed E-state index contributed by atoms with van der Waals surface area (Å²) in [6.07, 6.45) is 0. The van der Waals surface area contributed by atoms with E-state index in [0.717, 1.165) is 0 Å². The van der Waals surface area contributed by atoms with Gasteiger partial charge in [0.1, 0.15) is 0 Å². The van der Waals surface area contributed by atoms with Crippen LogP contribution in [0.2, 0.25) is 10.0 Å². The van der Waals surface area contributed by atoms with E-state index < -0.39 is 5.97 Å². The average molecular weight is 332 g/mol. The van der Waals surface area contributed by atoms with Crippen molar-refractivity contribution in [2.24, 2.45) is 0 Å². The number of carbonyl (C=O) groups excluding carboxylic acids is 2. The molecule has 0 aliphatic carbocycles. The maximum atomic E-state index is 12.1. The van der Waals surface area contributed by atoms with Crippen LogP contribution in [0.1, 0.15) is 38.1 Å². The summed E-state index contributed by atoms with van der Waals surface area (Å²) < 4.78 is 5.03. The lowest BCUT2D eigenvalue weighted by molar-refractivity contribution is -0.138. The summed E-state index contributed by atoms with van der Waals surface area (Å²) in [5.41, 5.74) is 0.151. The van der Waals surface area contributed by atoms with Gasteiger partial charge >= 0.3 is 5.97 Å². The zero-order valence-corrected chi connectivity index (χ0v) is 14.0. The average Bonchev–Trinajstić information content (AvgIpc) is 2.38. The van der Waals surface area contributed by atoms with Gasteiger partial charge in [-0.3, -0.25) is 4.79 Å². The van der Waals surface area contributed by atoms with E-state index in [1.54, 1.807) is 11.0 Å². The Hall–Kier alpha value is -1.26. The lowest BCUT2D eigenvalue weighted by Crippen LogP contribution is -2.44. The number of carbonyl (C=O) groups is 2. The second kappa shape index (κ2) is 7.66. The number of halogens is 2. The predicted molar refractivity (Wildman–Crippen MR) is 83.9 cm³/mol. The van der Waals surface area contributed by atoms with E-state index in [1.807, 2.05) is 27.7 Å². The molecular formula is C15H19Cl2NO3. The minimum absolute atomic E-state index is 0.0333. The number of hydrogen-bond acceptors (Lipinski definition) is 3. The molecule has 0 heterocycles. The highest BCUT2D eigenvalue weighted by Gasteiger charge is 2.22. The van der Waals surface area contributed by atoms with Crippen LogP contribution in [0.5, 0.6) is 0 Å². The molecule has 0 aliphatic rings. The number of amides is 1. The van der Waals surface area contributed by atoms with E-state index >= 15 is 0 Å². The minimum atomic E-state index is -0.664. The van der Waals surface area contributed by atoms with Crippen molar-refractivity contribution in [2.45, 2.75) is 39.8 Å². The van der Waals surface area contributed by atoms with E-state index in [-0.39, 0.29) is 35.2 Å². The van der Waals surface area contributed by atoms with Crippen LogP contribution in [-0.4, -0.2) is 35.5 Å². The van der Waals surface area contributed by atoms with Crippen LogP contribution in [0.4, 0.5) is 0 Å². The first kappa shape index (κ1) is 17.8. The molecule has 1 rings (SSSR count). The number of esters is 1. The Bertz CT molecular complexity index is 522. The van der Waals surface area contributed by atoms with Gasteiger partial charge in [-0.2, -0.15) is 0 Å². The zero-order valence-electron chi connectivity index (χ0n) is 12.5. The molecule has 0 aromatic heterocycles. The van der Waals surface area contributed by atoms with Crippen molar-refractivity contribution in [3.05, 3.63) is 33.8 Å². The molecule has 0 bridgehead atoms. The maximum Gasteiger partial charge on any atom is 0.340 e. The van der Waals surface area contributed by atoms with Crippen molar-refractivity contribution >= 4 is 35.1 Å². The third-order valence-electron chi connectivity index (χ3n) is 2.88. The second-order valence-electron chi connectivity index (χ2n) is 5.19. The molecule has 6 heteroatoms. The molecule has 0 saturated heterocycles. The van der Waals surface area contributed by atoms with Gasteiger partial charge in [-0.15, -0.1) is 0 Å². The smallest absolute Gasteiger partial charge is 0.340 e. The van der Waals surface area contributed by atoms with Crippen molar-refractivity contribution < 1.29 is 14.3 Å². The third kappa shape index (κ3) is 4.90. The number of benzene rings is 1. The first-order valence-corrected chi connectivity index (χ1v) is 7.43. The lowest BCUT2D eigenvalue weighted by atomic mass is 10.2. The Balaban J connectivity index is 2.72. The molecule has 1 aromatic carbocycles. The van der Waals surface area contributed by atoms with E-state index in [0.29, 0.717) is 5.02 Å². The monoisotopic (exact) mass is 331 g/mol. The van der Waals surface area contributed by atoms with E-state index in [1.165, 1.54) is 12.1 Å². The largest absolute Gasteiger partial charge is 0.452 e. The standard InChI is InChI=1S/C15H19Cl2NO3/c1-9(2)18(10(3)4)14(19)8-21-15(20)12-7-11(16)5-6-13(12)17/h5-7,9-10H,8H2,1-4H3. The summed E-state index contributed by atoms with van der Waals surface area (Å²) in [7, 11) is 0. The summed E-state index contributed by atoms with van der Waals surface area (Å²) in [5, 5.41) is 0.616. The molecule has 0 N–H and O–H groups in total. The van der Waals surface area contributed by atoms with Crippen LogP contribution in [-0.2, 0) is 9.53 Å². The summed E-state index contributed by atoms with van der Waals surface area (Å²) >= 11 is 11.7. The zero-order chi connectivity index (χ0) is 16.2. The first-order chi connectivity index (χ1) is 9.73. The molecule has 116 valence electrons. The molecule has 0 atom stereocenters. The van der Waals surface area contributed by atoms with Crippen molar-refractivity contribution in [1.29, 1.82) is 0 Å². The fourth-order valence-corrected chi connectivity index (χ4v) is 2.47. The third-order valence-corrected chi connectivity index (χ3v) is 3.44. The summed E-state index contributed by atoms with van der Waals surface area (Å²) in [4.78, 5) is 25.7. The van der Waals surface area contributed by atoms with Gasteiger partial charge in [-0.25, -0.2) is 4.79 Å². The molecule has 0 radical (unpaired) electrons. The lowest BCUT2D eigenvalue weighted by Gasteiger charge is -2.30. The van der Waals surface area contributed by atoms with Gasteiger partial charge in [0.2, 0.25) is 0 Å². The quantitative estimate of drug-likeness (QED) is 0.771. The van der Waals surface area contributed by atoms with Gasteiger partial charge < -0.3 is 9.64 Å². The van der Waals surface area contributed by atoms with Crippen molar-refractivity contribution in [1.82, 2.24) is 4.90 Å². The fraction of sp³-hybridized carbons (Fsp3) is 0.467. The van der Waals surface area contributed by atoms with Gasteiger partial charge in [0.25, 0.3) is 5.91 Å². The molecule has 4 nitrogen and oxygen atoms in total. The summed E-state index contributed by atoms with van der Waals surface area (Å²) in [6.45, 7) is 7.32. The molecule has 1 amide bonds. The molecular weight excluding hydrogens is 313 g/mol. The predicted octanol–water partition coefficient (Wildman–Crippen LogP) is 3.80. The van der Waals surface area contributed by atoms with Crippen LogP contribution in [0, 0.1) is 0 Å². The van der Waals surface area contributed by atoms with Gasteiger partial charge in [0.15, 0.2) is 6.61 Å². The van der Waals surface area contributed by atoms with E-state index in [2.05, 4.69) is 0 Å². The molecule has 0 spiro atoms. The fourth-order valence-electron chi connectivity index (χ4n) is 2.11. The first-order valence-electron chi connectivity index (χ1n) is 6.67. The number of hydrogen-bond donors (Lipinski definition) is 0. The Morgan fingerprint density at radius 1 is 1.14 bits per heavy atom. The van der Waals surface area contributed by atoms with Crippen LogP contribution in [0.3, 0.4) is 0 Å². The van der Waals surface area contributed by atoms with E-state index in [4.69, 9.17) is 27.9 Å². The summed E-state index contributed by atoms with van der Waals surface area (Å²) in [5.74, 6) is -0.908. The SMILES string of the molecule is CC(C)N(C(=O)COC(=O)c1cc(Cl)ccc1Cl)C(C)C. The Labute approximate surface area is 135 Å². The van der Waals surface area contributed by atoms with Crippen LogP contribution in [0.25, 0.3) is 0 Å². The second-order valence-corrected chi connectivity index (χ2v) is 6.03. The molecule has 0 fully saturated rings. The van der Waals surface area contributed by atoms with E-state index in [9.17, 15) is 9.59 Å². The topological polar surface area (TPSA) is 46.6 Å². The molecule has 0 saturated carbocycles. The highest BCUT2D eigenvalue weighted by molar-refractivity contribution is 6.35. The van der Waals surface area contributed by atoms with Gasteiger partial charge in [0, 0.05) is 17.1 Å². The van der Waals surface area contributed by atoms with Crippen LogP contribution >= 0.6 is 23.2 Å². The maximum absolute atomic E-state index is 12.1. The van der Waals surface area contributed by atoms with Crippen molar-refractivity contribution in [2.75, 3.05) is 6.61 Å². The highest BCUT2D eigenvalue weighted by Crippen LogP contribution is 2.21. The van der Waals surface area contributed by atoms with Gasteiger partial charge in [-0.05, 0) is 45.9 Å². The van der Waals surface area contributed by atoms with Crippen molar-refractivity contribution in [3.63, 3.8) is 0 Å². The molecule has 1 aromatic rings. The van der Waals surface area contributed by atoms with Crippen molar-refractivity contribution in [3.8, 4) is 0 Å². The number of nitrogens with zero attached hydrogens (tertiary/aromatic N) is 1. The Morgan fingerprint density at radius 3 is 2.24 bits per heavy atom.